The monoisotopic (exact) mass is 296 g/mol. The third kappa shape index (κ3) is 4.43. The van der Waals surface area contributed by atoms with Gasteiger partial charge in [0.2, 0.25) is 0 Å². The minimum Gasteiger partial charge on any atom is -0.229 e. The highest BCUT2D eigenvalue weighted by Crippen LogP contribution is 2.43. The largest absolute Gasteiger partial charge is 0.229 e. The van der Waals surface area contributed by atoms with Gasteiger partial charge < -0.3 is 0 Å². The van der Waals surface area contributed by atoms with Gasteiger partial charge in [0, 0.05) is 10.6 Å². The van der Waals surface area contributed by atoms with Gasteiger partial charge in [-0.05, 0) is 37.5 Å². The van der Waals surface area contributed by atoms with Crippen molar-refractivity contribution in [2.75, 3.05) is 11.5 Å². The number of halogens is 1. The topological polar surface area (TPSA) is 34.1 Å². The summed E-state index contributed by atoms with van der Waals surface area (Å²) in [7, 11) is -2.79. The van der Waals surface area contributed by atoms with E-state index in [1.807, 2.05) is 6.92 Å². The number of alkyl halides is 1. The molecular formula is C11H21BrO2S. The summed E-state index contributed by atoms with van der Waals surface area (Å²) in [4.78, 5) is 0.594. The molecule has 15 heavy (non-hydrogen) atoms. The van der Waals surface area contributed by atoms with Crippen LogP contribution in [0.5, 0.6) is 0 Å². The Morgan fingerprint density at radius 2 is 2.07 bits per heavy atom. The molecular weight excluding hydrogens is 276 g/mol. The molecule has 0 amide bonds. The first kappa shape index (κ1) is 13.5. The van der Waals surface area contributed by atoms with Crippen LogP contribution < -0.4 is 0 Å². The first-order valence-electron chi connectivity index (χ1n) is 5.71. The normalized spacial score (nSPS) is 32.1. The second-order valence-electron chi connectivity index (χ2n) is 5.05. The Morgan fingerprint density at radius 1 is 1.40 bits per heavy atom. The van der Waals surface area contributed by atoms with Crippen molar-refractivity contribution in [3.05, 3.63) is 0 Å². The van der Waals surface area contributed by atoms with Crippen LogP contribution in [-0.2, 0) is 9.84 Å². The maximum Gasteiger partial charge on any atom is 0.150 e. The van der Waals surface area contributed by atoms with Gasteiger partial charge in [-0.15, -0.1) is 0 Å². The summed E-state index contributed by atoms with van der Waals surface area (Å²) < 4.78 is 23.2. The van der Waals surface area contributed by atoms with Gasteiger partial charge in [-0.3, -0.25) is 0 Å². The highest BCUT2D eigenvalue weighted by atomic mass is 79.9. The molecule has 1 aliphatic carbocycles. The van der Waals surface area contributed by atoms with E-state index in [0.29, 0.717) is 16.3 Å². The summed E-state index contributed by atoms with van der Waals surface area (Å²) in [6.07, 6.45) is 5.03. The van der Waals surface area contributed by atoms with Crippen molar-refractivity contribution in [1.82, 2.24) is 0 Å². The summed E-state index contributed by atoms with van der Waals surface area (Å²) in [6, 6.07) is 0. The van der Waals surface area contributed by atoms with E-state index >= 15 is 0 Å². The third-order valence-electron chi connectivity index (χ3n) is 3.31. The second kappa shape index (κ2) is 5.17. The molecule has 0 aromatic heterocycles. The van der Waals surface area contributed by atoms with E-state index in [4.69, 9.17) is 0 Å². The predicted molar refractivity (Wildman–Crippen MR) is 68.2 cm³/mol. The van der Waals surface area contributed by atoms with Crippen molar-refractivity contribution in [2.24, 2.45) is 5.41 Å². The Balaban J connectivity index is 2.43. The number of rotatable bonds is 5. The van der Waals surface area contributed by atoms with Crippen molar-refractivity contribution in [3.63, 3.8) is 0 Å². The molecule has 0 bridgehead atoms. The van der Waals surface area contributed by atoms with Crippen LogP contribution in [0.1, 0.15) is 46.0 Å². The molecule has 0 saturated heterocycles. The first-order valence-corrected chi connectivity index (χ1v) is 8.45. The van der Waals surface area contributed by atoms with Crippen LogP contribution >= 0.6 is 15.9 Å². The highest BCUT2D eigenvalue weighted by molar-refractivity contribution is 9.09. The molecule has 1 saturated carbocycles. The van der Waals surface area contributed by atoms with E-state index in [2.05, 4.69) is 22.9 Å². The summed E-state index contributed by atoms with van der Waals surface area (Å²) in [6.45, 7) is 4.14. The minimum absolute atomic E-state index is 0.245. The zero-order valence-electron chi connectivity index (χ0n) is 9.63. The van der Waals surface area contributed by atoms with Crippen LogP contribution in [0.4, 0.5) is 0 Å². The van der Waals surface area contributed by atoms with Gasteiger partial charge in [-0.25, -0.2) is 8.42 Å². The Labute approximate surface area is 102 Å². The maximum absolute atomic E-state index is 11.6. The molecule has 1 rings (SSSR count). The van der Waals surface area contributed by atoms with Gasteiger partial charge in [-0.2, -0.15) is 0 Å². The SMILES string of the molecule is CCCS(=O)(=O)CCC1(C)CCC(Br)C1. The zero-order valence-corrected chi connectivity index (χ0v) is 12.0. The van der Waals surface area contributed by atoms with Crippen molar-refractivity contribution >= 4 is 25.8 Å². The van der Waals surface area contributed by atoms with Gasteiger partial charge in [-0.1, -0.05) is 29.8 Å². The molecule has 0 spiro atoms. The van der Waals surface area contributed by atoms with E-state index in [-0.39, 0.29) is 5.41 Å². The van der Waals surface area contributed by atoms with Crippen molar-refractivity contribution in [2.45, 2.75) is 50.8 Å². The molecule has 0 aliphatic heterocycles. The quantitative estimate of drug-likeness (QED) is 0.731. The molecule has 0 aromatic carbocycles. The predicted octanol–water partition coefficient (Wildman–Crippen LogP) is 3.16. The molecule has 1 aliphatic rings. The van der Waals surface area contributed by atoms with E-state index in [1.54, 1.807) is 0 Å². The standard InChI is InChI=1S/C11H21BrO2S/c1-3-7-15(13,14)8-6-11(2)5-4-10(12)9-11/h10H,3-9H2,1-2H3. The van der Waals surface area contributed by atoms with Crippen LogP contribution in [0.15, 0.2) is 0 Å². The number of hydrogen-bond donors (Lipinski definition) is 0. The minimum atomic E-state index is -2.79. The van der Waals surface area contributed by atoms with Gasteiger partial charge in [0.1, 0.15) is 9.84 Å². The lowest BCUT2D eigenvalue weighted by molar-refractivity contribution is 0.325. The fourth-order valence-electron chi connectivity index (χ4n) is 2.29. The molecule has 0 N–H and O–H groups in total. The summed E-state index contributed by atoms with van der Waals surface area (Å²) >= 11 is 3.62. The van der Waals surface area contributed by atoms with Crippen LogP contribution in [0.3, 0.4) is 0 Å². The van der Waals surface area contributed by atoms with Crippen molar-refractivity contribution < 1.29 is 8.42 Å². The molecule has 1 fully saturated rings. The van der Waals surface area contributed by atoms with Gasteiger partial charge in [0.25, 0.3) is 0 Å². The lowest BCUT2D eigenvalue weighted by atomic mass is 9.86. The average Bonchev–Trinajstić information content (AvgIpc) is 2.44. The lowest BCUT2D eigenvalue weighted by Crippen LogP contribution is -2.20. The summed E-state index contributed by atoms with van der Waals surface area (Å²) in [5.41, 5.74) is 0.245. The molecule has 2 atom stereocenters. The van der Waals surface area contributed by atoms with Crippen molar-refractivity contribution in [3.8, 4) is 0 Å². The molecule has 0 aromatic rings. The van der Waals surface area contributed by atoms with Crippen LogP contribution in [0.25, 0.3) is 0 Å². The van der Waals surface area contributed by atoms with Gasteiger partial charge in [0.15, 0.2) is 0 Å². The molecule has 2 unspecified atom stereocenters. The van der Waals surface area contributed by atoms with Crippen LogP contribution in [0.2, 0.25) is 0 Å². The average molecular weight is 297 g/mol. The van der Waals surface area contributed by atoms with Crippen LogP contribution in [0, 0.1) is 5.41 Å². The van der Waals surface area contributed by atoms with Crippen molar-refractivity contribution in [1.29, 1.82) is 0 Å². The summed E-state index contributed by atoms with van der Waals surface area (Å²) in [5.74, 6) is 0.720. The van der Waals surface area contributed by atoms with E-state index in [0.717, 1.165) is 25.7 Å². The van der Waals surface area contributed by atoms with E-state index in [1.165, 1.54) is 6.42 Å². The number of sulfone groups is 1. The molecule has 0 heterocycles. The Bertz CT molecular complexity index is 300. The van der Waals surface area contributed by atoms with Crippen LogP contribution in [-0.4, -0.2) is 24.8 Å². The van der Waals surface area contributed by atoms with Gasteiger partial charge >= 0.3 is 0 Å². The fraction of sp³-hybridized carbons (Fsp3) is 1.00. The van der Waals surface area contributed by atoms with E-state index < -0.39 is 9.84 Å². The Morgan fingerprint density at radius 3 is 2.53 bits per heavy atom. The zero-order chi connectivity index (χ0) is 11.5. The number of hydrogen-bond acceptors (Lipinski definition) is 2. The lowest BCUT2D eigenvalue weighted by Gasteiger charge is -2.23. The smallest absolute Gasteiger partial charge is 0.150 e. The molecule has 90 valence electrons. The Kier molecular flexibility index (Phi) is 4.65. The maximum atomic E-state index is 11.6. The van der Waals surface area contributed by atoms with E-state index in [9.17, 15) is 8.42 Å². The first-order chi connectivity index (χ1) is 6.87. The second-order valence-corrected chi connectivity index (χ2v) is 8.65. The van der Waals surface area contributed by atoms with Gasteiger partial charge in [0.05, 0.1) is 5.75 Å². The molecule has 0 radical (unpaired) electrons. The Hall–Kier alpha value is 0.430. The third-order valence-corrected chi connectivity index (χ3v) is 5.95. The highest BCUT2D eigenvalue weighted by Gasteiger charge is 2.34. The molecule has 4 heteroatoms. The molecule has 2 nitrogen and oxygen atoms in total. The fourth-order valence-corrected chi connectivity index (χ4v) is 4.93. The summed E-state index contributed by atoms with van der Waals surface area (Å²) in [5, 5.41) is 0.